The summed E-state index contributed by atoms with van der Waals surface area (Å²) in [4.78, 5) is 2.50. The minimum absolute atomic E-state index is 0.805. The summed E-state index contributed by atoms with van der Waals surface area (Å²) < 4.78 is 0. The van der Waals surface area contributed by atoms with Gasteiger partial charge in [0, 0.05) is 24.4 Å². The fraction of sp³-hybridized carbons (Fsp3) is 1.00. The third kappa shape index (κ3) is 2.61. The molecule has 2 heterocycles. The van der Waals surface area contributed by atoms with E-state index in [1.165, 1.54) is 43.9 Å². The summed E-state index contributed by atoms with van der Waals surface area (Å²) in [6.45, 7) is 2.51. The Kier molecular flexibility index (Phi) is 3.52. The highest BCUT2D eigenvalue weighted by molar-refractivity contribution is 7.99. The van der Waals surface area contributed by atoms with Crippen LogP contribution in [0.25, 0.3) is 0 Å². The van der Waals surface area contributed by atoms with Gasteiger partial charge in [-0.25, -0.2) is 0 Å². The monoisotopic (exact) mass is 200 g/mol. The highest BCUT2D eigenvalue weighted by atomic mass is 32.2. The van der Waals surface area contributed by atoms with Crippen molar-refractivity contribution in [3.8, 4) is 0 Å². The first-order chi connectivity index (χ1) is 6.36. The van der Waals surface area contributed by atoms with Crippen molar-refractivity contribution in [3.05, 3.63) is 0 Å². The Morgan fingerprint density at radius 3 is 3.00 bits per heavy atom. The van der Waals surface area contributed by atoms with Crippen molar-refractivity contribution in [2.24, 2.45) is 0 Å². The molecular formula is C10H20N2S. The Balaban J connectivity index is 1.66. The number of nitrogens with zero attached hydrogens (tertiary/aromatic N) is 1. The van der Waals surface area contributed by atoms with E-state index in [4.69, 9.17) is 0 Å². The lowest BCUT2D eigenvalue weighted by molar-refractivity contribution is 0.293. The zero-order valence-electron chi connectivity index (χ0n) is 8.46. The second kappa shape index (κ2) is 4.67. The molecule has 0 spiro atoms. The number of likely N-dealkylation sites (N-methyl/N-ethyl adjacent to an activating group) is 1. The maximum atomic E-state index is 3.69. The normalized spacial score (nSPS) is 35.8. The minimum atomic E-state index is 0.805. The lowest BCUT2D eigenvalue weighted by Gasteiger charge is -2.21. The number of hydrogen-bond acceptors (Lipinski definition) is 3. The van der Waals surface area contributed by atoms with E-state index in [1.54, 1.807) is 0 Å². The topological polar surface area (TPSA) is 15.3 Å². The molecule has 2 unspecified atom stereocenters. The van der Waals surface area contributed by atoms with E-state index in [1.807, 2.05) is 0 Å². The molecular weight excluding hydrogens is 180 g/mol. The van der Waals surface area contributed by atoms with Crippen molar-refractivity contribution in [2.75, 3.05) is 31.6 Å². The average molecular weight is 200 g/mol. The molecule has 3 heteroatoms. The van der Waals surface area contributed by atoms with Crippen LogP contribution >= 0.6 is 11.8 Å². The molecule has 2 aliphatic rings. The highest BCUT2D eigenvalue weighted by Gasteiger charge is 2.22. The van der Waals surface area contributed by atoms with Gasteiger partial charge >= 0.3 is 0 Å². The van der Waals surface area contributed by atoms with E-state index in [0.29, 0.717) is 0 Å². The summed E-state index contributed by atoms with van der Waals surface area (Å²) in [6.07, 6.45) is 4.16. The summed E-state index contributed by atoms with van der Waals surface area (Å²) in [6, 6.07) is 1.62. The van der Waals surface area contributed by atoms with Crippen molar-refractivity contribution in [1.29, 1.82) is 0 Å². The van der Waals surface area contributed by atoms with Gasteiger partial charge in [0.25, 0.3) is 0 Å². The molecule has 0 aliphatic carbocycles. The molecule has 2 rings (SSSR count). The van der Waals surface area contributed by atoms with E-state index < -0.39 is 0 Å². The van der Waals surface area contributed by atoms with Gasteiger partial charge in [-0.15, -0.1) is 0 Å². The van der Waals surface area contributed by atoms with Crippen molar-refractivity contribution >= 4 is 11.8 Å². The SMILES string of the molecule is CN1CCCC1CNC1CCSC1. The Labute approximate surface area is 85.4 Å². The molecule has 1 N–H and O–H groups in total. The first-order valence-electron chi connectivity index (χ1n) is 5.37. The molecule has 0 radical (unpaired) electrons. The van der Waals surface area contributed by atoms with Crippen LogP contribution in [0.5, 0.6) is 0 Å². The molecule has 0 bridgehead atoms. The third-order valence-electron chi connectivity index (χ3n) is 3.24. The van der Waals surface area contributed by atoms with Crippen LogP contribution in [0.15, 0.2) is 0 Å². The van der Waals surface area contributed by atoms with Crippen molar-refractivity contribution in [2.45, 2.75) is 31.3 Å². The molecule has 0 amide bonds. The Bertz CT molecular complexity index is 157. The van der Waals surface area contributed by atoms with Crippen LogP contribution < -0.4 is 5.32 Å². The van der Waals surface area contributed by atoms with Crippen molar-refractivity contribution in [1.82, 2.24) is 10.2 Å². The Morgan fingerprint density at radius 2 is 2.38 bits per heavy atom. The number of rotatable bonds is 3. The molecule has 2 fully saturated rings. The Hall–Kier alpha value is 0.270. The van der Waals surface area contributed by atoms with Gasteiger partial charge in [-0.2, -0.15) is 11.8 Å². The van der Waals surface area contributed by atoms with Gasteiger partial charge < -0.3 is 10.2 Å². The standard InChI is InChI=1S/C10H20N2S/c1-12-5-2-3-10(12)7-11-9-4-6-13-8-9/h9-11H,2-8H2,1H3. The van der Waals surface area contributed by atoms with Gasteiger partial charge in [-0.1, -0.05) is 0 Å². The maximum absolute atomic E-state index is 3.69. The lowest BCUT2D eigenvalue weighted by Crippen LogP contribution is -2.40. The van der Waals surface area contributed by atoms with E-state index >= 15 is 0 Å². The number of likely N-dealkylation sites (tertiary alicyclic amines) is 1. The smallest absolute Gasteiger partial charge is 0.0218 e. The summed E-state index contributed by atoms with van der Waals surface area (Å²) in [5.41, 5.74) is 0. The van der Waals surface area contributed by atoms with E-state index in [9.17, 15) is 0 Å². The zero-order chi connectivity index (χ0) is 9.10. The van der Waals surface area contributed by atoms with Gasteiger partial charge in [-0.3, -0.25) is 0 Å². The predicted octanol–water partition coefficient (Wildman–Crippen LogP) is 1.18. The van der Waals surface area contributed by atoms with Crippen molar-refractivity contribution < 1.29 is 0 Å². The lowest BCUT2D eigenvalue weighted by atomic mass is 10.2. The quantitative estimate of drug-likeness (QED) is 0.736. The second-order valence-electron chi connectivity index (χ2n) is 4.25. The van der Waals surface area contributed by atoms with Gasteiger partial charge in [0.15, 0.2) is 0 Å². The average Bonchev–Trinajstić information content (AvgIpc) is 2.72. The van der Waals surface area contributed by atoms with Gasteiger partial charge in [0.05, 0.1) is 0 Å². The molecule has 0 aromatic carbocycles. The largest absolute Gasteiger partial charge is 0.312 e. The number of thioether (sulfide) groups is 1. The first kappa shape index (κ1) is 9.81. The molecule has 2 saturated heterocycles. The van der Waals surface area contributed by atoms with Crippen LogP contribution in [0.3, 0.4) is 0 Å². The van der Waals surface area contributed by atoms with Crippen LogP contribution in [-0.4, -0.2) is 48.6 Å². The molecule has 2 nitrogen and oxygen atoms in total. The third-order valence-corrected chi connectivity index (χ3v) is 4.41. The van der Waals surface area contributed by atoms with E-state index in [2.05, 4.69) is 29.0 Å². The van der Waals surface area contributed by atoms with E-state index in [0.717, 1.165) is 12.1 Å². The van der Waals surface area contributed by atoms with E-state index in [-0.39, 0.29) is 0 Å². The second-order valence-corrected chi connectivity index (χ2v) is 5.40. The number of hydrogen-bond donors (Lipinski definition) is 1. The highest BCUT2D eigenvalue weighted by Crippen LogP contribution is 2.18. The maximum Gasteiger partial charge on any atom is 0.0218 e. The van der Waals surface area contributed by atoms with Crippen LogP contribution in [0.1, 0.15) is 19.3 Å². The van der Waals surface area contributed by atoms with Crippen LogP contribution in [-0.2, 0) is 0 Å². The van der Waals surface area contributed by atoms with Crippen molar-refractivity contribution in [3.63, 3.8) is 0 Å². The van der Waals surface area contributed by atoms with Crippen LogP contribution in [0, 0.1) is 0 Å². The first-order valence-corrected chi connectivity index (χ1v) is 6.53. The molecule has 2 aliphatic heterocycles. The number of nitrogens with one attached hydrogen (secondary N) is 1. The summed E-state index contributed by atoms with van der Waals surface area (Å²) in [7, 11) is 2.25. The van der Waals surface area contributed by atoms with Gasteiger partial charge in [0.2, 0.25) is 0 Å². The fourth-order valence-corrected chi connectivity index (χ4v) is 3.42. The minimum Gasteiger partial charge on any atom is -0.312 e. The van der Waals surface area contributed by atoms with Crippen LogP contribution in [0.2, 0.25) is 0 Å². The predicted molar refractivity (Wildman–Crippen MR) is 59.4 cm³/mol. The fourth-order valence-electron chi connectivity index (χ4n) is 2.24. The molecule has 0 saturated carbocycles. The molecule has 13 heavy (non-hydrogen) atoms. The Morgan fingerprint density at radius 1 is 1.46 bits per heavy atom. The van der Waals surface area contributed by atoms with Crippen LogP contribution in [0.4, 0.5) is 0 Å². The molecule has 2 atom stereocenters. The summed E-state index contributed by atoms with van der Waals surface area (Å²) in [5, 5.41) is 3.69. The molecule has 0 aromatic rings. The summed E-state index contributed by atoms with van der Waals surface area (Å²) >= 11 is 2.09. The van der Waals surface area contributed by atoms with Gasteiger partial charge in [0.1, 0.15) is 0 Å². The van der Waals surface area contributed by atoms with Gasteiger partial charge in [-0.05, 0) is 38.6 Å². The molecule has 0 aromatic heterocycles. The summed E-state index contributed by atoms with van der Waals surface area (Å²) in [5.74, 6) is 2.69. The molecule has 76 valence electrons. The zero-order valence-corrected chi connectivity index (χ0v) is 9.28.